The fourth-order valence-electron chi connectivity index (χ4n) is 3.30. The van der Waals surface area contributed by atoms with Gasteiger partial charge in [-0.2, -0.15) is 13.2 Å². The van der Waals surface area contributed by atoms with Gasteiger partial charge in [0.25, 0.3) is 5.91 Å². The van der Waals surface area contributed by atoms with Gasteiger partial charge in [-0.15, -0.1) is 11.3 Å². The van der Waals surface area contributed by atoms with Gasteiger partial charge in [0, 0.05) is 12.8 Å². The van der Waals surface area contributed by atoms with Crippen LogP contribution < -0.4 is 10.6 Å². The molecule has 0 aliphatic carbocycles. The molecule has 13 heteroatoms. The van der Waals surface area contributed by atoms with E-state index in [0.717, 1.165) is 16.9 Å². The van der Waals surface area contributed by atoms with Crippen LogP contribution in [0.2, 0.25) is 15.1 Å². The summed E-state index contributed by atoms with van der Waals surface area (Å²) in [4.78, 5) is 30.7. The summed E-state index contributed by atoms with van der Waals surface area (Å²) in [7, 11) is 0. The molecule has 3 rings (SSSR count). The van der Waals surface area contributed by atoms with Gasteiger partial charge in [-0.3, -0.25) is 9.59 Å². The third-order valence-corrected chi connectivity index (χ3v) is 7.32. The Kier molecular flexibility index (Phi) is 8.07. The summed E-state index contributed by atoms with van der Waals surface area (Å²) >= 11 is 19.4. The van der Waals surface area contributed by atoms with Crippen molar-refractivity contribution in [1.29, 1.82) is 0 Å². The lowest BCUT2D eigenvalue weighted by molar-refractivity contribution is -0.137. The summed E-state index contributed by atoms with van der Waals surface area (Å²) < 4.78 is 36.5. The molecule has 1 aromatic carbocycles. The molecule has 0 fully saturated rings. The molecule has 1 aromatic heterocycles. The normalized spacial score (nSPS) is 17.8. The number of oxime groups is 1. The van der Waals surface area contributed by atoms with Gasteiger partial charge in [-0.25, -0.2) is 0 Å². The summed E-state index contributed by atoms with van der Waals surface area (Å²) in [5.74, 6) is -1.50. The topological polar surface area (TPSA) is 79.8 Å². The molecule has 34 heavy (non-hydrogen) atoms. The van der Waals surface area contributed by atoms with Crippen molar-refractivity contribution < 1.29 is 27.6 Å². The molecule has 1 atom stereocenters. The Morgan fingerprint density at radius 2 is 1.82 bits per heavy atom. The highest BCUT2D eigenvalue weighted by molar-refractivity contribution is 7.16. The van der Waals surface area contributed by atoms with E-state index in [1.54, 1.807) is 30.4 Å². The largest absolute Gasteiger partial charge is 0.405 e. The predicted octanol–water partition coefficient (Wildman–Crippen LogP) is 5.55. The maximum absolute atomic E-state index is 12.4. The number of hydrogen-bond donors (Lipinski definition) is 2. The molecule has 0 radical (unpaired) electrons. The van der Waals surface area contributed by atoms with Crippen LogP contribution in [0.1, 0.15) is 39.0 Å². The van der Waals surface area contributed by atoms with Gasteiger partial charge >= 0.3 is 6.18 Å². The van der Waals surface area contributed by atoms with Gasteiger partial charge in [0.05, 0.1) is 31.4 Å². The Hall–Kier alpha value is -2.01. The number of carbonyl (C=O) groups excluding carboxylic acids is 2. The highest BCUT2D eigenvalue weighted by atomic mass is 35.5. The van der Waals surface area contributed by atoms with Crippen molar-refractivity contribution >= 4 is 63.7 Å². The molecule has 2 N–H and O–H groups in total. The Morgan fingerprint density at radius 1 is 1.18 bits per heavy atom. The van der Waals surface area contributed by atoms with Gasteiger partial charge in [0.2, 0.25) is 5.91 Å². The molecule has 2 heterocycles. The van der Waals surface area contributed by atoms with Gasteiger partial charge in [-0.05, 0) is 43.2 Å². The highest BCUT2D eigenvalue weighted by Crippen LogP contribution is 2.36. The number of carbonyl (C=O) groups is 2. The molecule has 2 aromatic rings. The van der Waals surface area contributed by atoms with Crippen molar-refractivity contribution in [3.05, 3.63) is 54.1 Å². The molecule has 0 spiro atoms. The van der Waals surface area contributed by atoms with Crippen LogP contribution in [0.5, 0.6) is 0 Å². The fraction of sp³-hybridized carbons (Fsp3) is 0.381. The number of hydrogen-bond acceptors (Lipinski definition) is 5. The minimum atomic E-state index is -4.52. The summed E-state index contributed by atoms with van der Waals surface area (Å²) in [6.07, 6.45) is -3.61. The lowest BCUT2D eigenvalue weighted by Gasteiger charge is -2.21. The molecular weight excluding hydrogens is 538 g/mol. The van der Waals surface area contributed by atoms with Gasteiger partial charge in [0.1, 0.15) is 17.9 Å². The molecule has 184 valence electrons. The number of thiophene rings is 1. The summed E-state index contributed by atoms with van der Waals surface area (Å²) in [6.45, 7) is 1.56. The highest BCUT2D eigenvalue weighted by Gasteiger charge is 2.36. The smallest absolute Gasteiger partial charge is 0.388 e. The van der Waals surface area contributed by atoms with Crippen molar-refractivity contribution in [3.63, 3.8) is 0 Å². The Bertz CT molecular complexity index is 1130. The first-order valence-corrected chi connectivity index (χ1v) is 11.8. The molecule has 0 unspecified atom stereocenters. The van der Waals surface area contributed by atoms with Crippen LogP contribution in [0.25, 0.3) is 0 Å². The first kappa shape index (κ1) is 26.6. The number of aryl methyl sites for hydroxylation is 1. The third-order valence-electron chi connectivity index (χ3n) is 4.84. The molecule has 0 saturated heterocycles. The van der Waals surface area contributed by atoms with E-state index in [2.05, 4.69) is 10.5 Å². The molecule has 6 nitrogen and oxygen atoms in total. The zero-order valence-corrected chi connectivity index (χ0v) is 21.0. The number of rotatable bonds is 7. The van der Waals surface area contributed by atoms with E-state index in [1.807, 2.05) is 6.92 Å². The van der Waals surface area contributed by atoms with Gasteiger partial charge in [0.15, 0.2) is 0 Å². The van der Waals surface area contributed by atoms with E-state index < -0.39 is 36.7 Å². The van der Waals surface area contributed by atoms with Crippen molar-refractivity contribution in [2.24, 2.45) is 5.16 Å². The van der Waals surface area contributed by atoms with E-state index in [9.17, 15) is 22.8 Å². The van der Waals surface area contributed by atoms with Gasteiger partial charge < -0.3 is 15.5 Å². The molecule has 1 aliphatic rings. The first-order chi connectivity index (χ1) is 15.8. The van der Waals surface area contributed by atoms with E-state index in [4.69, 9.17) is 39.6 Å². The minimum absolute atomic E-state index is 0.277. The second-order valence-corrected chi connectivity index (χ2v) is 10.2. The predicted molar refractivity (Wildman–Crippen MR) is 126 cm³/mol. The second kappa shape index (κ2) is 10.3. The number of benzene rings is 1. The summed E-state index contributed by atoms with van der Waals surface area (Å²) in [6, 6.07) is 5.20. The van der Waals surface area contributed by atoms with Crippen LogP contribution in [-0.4, -0.2) is 42.4 Å². The van der Waals surface area contributed by atoms with Crippen molar-refractivity contribution in [2.75, 3.05) is 13.1 Å². The number of nitrogens with one attached hydrogen (secondary N) is 2. The van der Waals surface area contributed by atoms with Crippen LogP contribution in [-0.2, 0) is 16.1 Å². The number of halogens is 6. The van der Waals surface area contributed by atoms with E-state index in [0.29, 0.717) is 43.9 Å². The second-order valence-electron chi connectivity index (χ2n) is 8.00. The lowest BCUT2D eigenvalue weighted by atomic mass is 9.91. The summed E-state index contributed by atoms with van der Waals surface area (Å²) in [5, 5.41) is 9.16. The van der Waals surface area contributed by atoms with E-state index in [1.165, 1.54) is 0 Å². The number of amides is 2. The van der Waals surface area contributed by atoms with Crippen LogP contribution in [0.3, 0.4) is 0 Å². The zero-order chi connectivity index (χ0) is 25.3. The SMILES string of the molecule is Cc1cc(C2=NO[C@](C)(Cc3cc(Cl)c(Cl)c(Cl)c3)C2)sc1C(=O)NCC(=O)NCC(F)(F)F. The fourth-order valence-corrected chi connectivity index (χ4v) is 5.01. The standard InChI is InChI=1S/C21H19Cl3F3N3O3S/c1-10-3-15(34-18(10)19(32)28-8-16(31)29-9-21(25,26)27)14-7-20(2,33-30-14)6-11-4-12(22)17(24)13(23)5-11/h3-5H,6-9H2,1-2H3,(H,28,32)(H,29,31)/t20-/m1/s1. The van der Waals surface area contributed by atoms with Gasteiger partial charge in [-0.1, -0.05) is 40.0 Å². The molecule has 0 saturated carbocycles. The molecule has 1 aliphatic heterocycles. The lowest BCUT2D eigenvalue weighted by Crippen LogP contribution is -2.40. The first-order valence-electron chi connectivity index (χ1n) is 9.87. The van der Waals surface area contributed by atoms with Crippen molar-refractivity contribution in [1.82, 2.24) is 10.6 Å². The monoisotopic (exact) mass is 555 g/mol. The van der Waals surface area contributed by atoms with Crippen LogP contribution in [0.15, 0.2) is 23.4 Å². The maximum Gasteiger partial charge on any atom is 0.405 e. The molecular formula is C21H19Cl3F3N3O3S. The van der Waals surface area contributed by atoms with E-state index in [-0.39, 0.29) is 5.02 Å². The minimum Gasteiger partial charge on any atom is -0.388 e. The van der Waals surface area contributed by atoms with Crippen LogP contribution in [0, 0.1) is 6.92 Å². The average molecular weight is 557 g/mol. The van der Waals surface area contributed by atoms with Crippen molar-refractivity contribution in [2.45, 2.75) is 38.5 Å². The third kappa shape index (κ3) is 6.78. The number of nitrogens with zero attached hydrogens (tertiary/aromatic N) is 1. The quantitative estimate of drug-likeness (QED) is 0.439. The Morgan fingerprint density at radius 3 is 2.44 bits per heavy atom. The zero-order valence-electron chi connectivity index (χ0n) is 17.9. The molecule has 2 amide bonds. The Balaban J connectivity index is 1.62. The van der Waals surface area contributed by atoms with Crippen LogP contribution >= 0.6 is 46.1 Å². The molecule has 0 bridgehead atoms. The van der Waals surface area contributed by atoms with Crippen LogP contribution in [0.4, 0.5) is 13.2 Å². The summed E-state index contributed by atoms with van der Waals surface area (Å²) in [5.41, 5.74) is 1.43. The van der Waals surface area contributed by atoms with Crippen molar-refractivity contribution in [3.8, 4) is 0 Å². The maximum atomic E-state index is 12.4. The van der Waals surface area contributed by atoms with E-state index >= 15 is 0 Å². The number of alkyl halides is 3. The average Bonchev–Trinajstić information content (AvgIpc) is 3.31. The Labute approximate surface area is 212 Å².